The van der Waals surface area contributed by atoms with E-state index in [1.807, 2.05) is 12.1 Å². The van der Waals surface area contributed by atoms with Crippen molar-refractivity contribution in [3.8, 4) is 0 Å². The smallest absolute Gasteiger partial charge is 0.183 e. The molecule has 5 heteroatoms. The van der Waals surface area contributed by atoms with Gasteiger partial charge in [0.15, 0.2) is 9.84 Å². The van der Waals surface area contributed by atoms with E-state index in [4.69, 9.17) is 4.74 Å². The van der Waals surface area contributed by atoms with Crippen LogP contribution in [0.25, 0.3) is 5.76 Å². The summed E-state index contributed by atoms with van der Waals surface area (Å²) < 4.78 is 31.4. The summed E-state index contributed by atoms with van der Waals surface area (Å²) in [4.78, 5) is 1.25. The van der Waals surface area contributed by atoms with Crippen LogP contribution in [0, 0.1) is 0 Å². The van der Waals surface area contributed by atoms with Crippen molar-refractivity contribution < 1.29 is 13.2 Å². The van der Waals surface area contributed by atoms with Crippen LogP contribution in [0.4, 0.5) is 0 Å². The van der Waals surface area contributed by atoms with Crippen molar-refractivity contribution in [2.24, 2.45) is 0 Å². The van der Waals surface area contributed by atoms with Crippen molar-refractivity contribution >= 4 is 27.4 Å². The van der Waals surface area contributed by atoms with Gasteiger partial charge in [0, 0.05) is 10.5 Å². The minimum atomic E-state index is -3.27. The molecule has 0 aliphatic carbocycles. The van der Waals surface area contributed by atoms with Crippen molar-refractivity contribution in [3.05, 3.63) is 34.7 Å². The molecule has 0 aromatic heterocycles. The molecule has 1 aromatic carbocycles. The van der Waals surface area contributed by atoms with E-state index in [9.17, 15) is 8.42 Å². The number of benzene rings is 1. The first kappa shape index (κ1) is 15.9. The fraction of sp³-hybridized carbons (Fsp3) is 0.529. The van der Waals surface area contributed by atoms with Gasteiger partial charge in [-0.1, -0.05) is 26.0 Å². The molecule has 0 atom stereocenters. The highest BCUT2D eigenvalue weighted by Crippen LogP contribution is 2.56. The molecule has 0 saturated carbocycles. The van der Waals surface area contributed by atoms with Gasteiger partial charge in [0.1, 0.15) is 11.4 Å². The molecule has 0 spiro atoms. The maximum absolute atomic E-state index is 12.5. The van der Waals surface area contributed by atoms with Gasteiger partial charge < -0.3 is 4.74 Å². The van der Waals surface area contributed by atoms with Gasteiger partial charge in [-0.2, -0.15) is 0 Å². The van der Waals surface area contributed by atoms with Crippen LogP contribution in [0.3, 0.4) is 0 Å². The van der Waals surface area contributed by atoms with Gasteiger partial charge in [-0.05, 0) is 38.8 Å². The Balaban J connectivity index is 2.22. The number of rotatable bonds is 2. The Labute approximate surface area is 137 Å². The molecule has 0 fully saturated rings. The molecule has 0 bridgehead atoms. The predicted molar refractivity (Wildman–Crippen MR) is 91.5 cm³/mol. The molecule has 1 aromatic rings. The van der Waals surface area contributed by atoms with Crippen molar-refractivity contribution in [1.29, 1.82) is 0 Å². The SMILES string of the molecule is CCC1(CC)OC2=C(CS(=O)(=O)c3ccccc32)SC1(C)C. The Morgan fingerprint density at radius 1 is 1.18 bits per heavy atom. The number of hydrogen-bond acceptors (Lipinski definition) is 4. The summed E-state index contributed by atoms with van der Waals surface area (Å²) in [7, 11) is -3.27. The average molecular weight is 338 g/mol. The van der Waals surface area contributed by atoms with Crippen LogP contribution in [0.1, 0.15) is 46.1 Å². The van der Waals surface area contributed by atoms with Gasteiger partial charge in [0.25, 0.3) is 0 Å². The summed E-state index contributed by atoms with van der Waals surface area (Å²) in [5, 5.41) is 0. The highest BCUT2D eigenvalue weighted by molar-refractivity contribution is 8.06. The zero-order valence-electron chi connectivity index (χ0n) is 13.5. The van der Waals surface area contributed by atoms with Gasteiger partial charge in [0.2, 0.25) is 0 Å². The fourth-order valence-corrected chi connectivity index (χ4v) is 7.04. The third-order valence-corrected chi connectivity index (χ3v) is 8.29. The first-order chi connectivity index (χ1) is 10.3. The van der Waals surface area contributed by atoms with Crippen LogP contribution in [-0.4, -0.2) is 24.5 Å². The third-order valence-electron chi connectivity index (χ3n) is 4.96. The second-order valence-electron chi connectivity index (χ2n) is 6.42. The van der Waals surface area contributed by atoms with E-state index in [0.717, 1.165) is 29.1 Å². The molecule has 22 heavy (non-hydrogen) atoms. The minimum absolute atomic E-state index is 0.0525. The largest absolute Gasteiger partial charge is 0.484 e. The van der Waals surface area contributed by atoms with Crippen LogP contribution in [-0.2, 0) is 14.6 Å². The topological polar surface area (TPSA) is 43.4 Å². The van der Waals surface area contributed by atoms with Crippen molar-refractivity contribution in [1.82, 2.24) is 0 Å². The summed E-state index contributed by atoms with van der Waals surface area (Å²) in [5.74, 6) is 0.829. The molecule has 0 N–H and O–H groups in total. The lowest BCUT2D eigenvalue weighted by Crippen LogP contribution is -2.51. The summed E-state index contributed by atoms with van der Waals surface area (Å²) in [6, 6.07) is 7.19. The molecule has 2 aliphatic rings. The first-order valence-electron chi connectivity index (χ1n) is 7.69. The van der Waals surface area contributed by atoms with Crippen molar-refractivity contribution in [2.75, 3.05) is 5.75 Å². The van der Waals surface area contributed by atoms with E-state index in [1.54, 1.807) is 23.9 Å². The molecular formula is C17H22O3S2. The Morgan fingerprint density at radius 2 is 1.82 bits per heavy atom. The quantitative estimate of drug-likeness (QED) is 0.809. The van der Waals surface area contributed by atoms with E-state index in [0.29, 0.717) is 4.90 Å². The highest BCUT2D eigenvalue weighted by atomic mass is 32.2. The Kier molecular flexibility index (Phi) is 3.64. The van der Waals surface area contributed by atoms with Gasteiger partial charge >= 0.3 is 0 Å². The number of ether oxygens (including phenoxy) is 1. The zero-order chi connectivity index (χ0) is 16.2. The average Bonchev–Trinajstić information content (AvgIpc) is 2.46. The molecule has 3 rings (SSSR count). The van der Waals surface area contributed by atoms with Crippen molar-refractivity contribution in [2.45, 2.75) is 55.8 Å². The highest BCUT2D eigenvalue weighted by Gasteiger charge is 2.51. The Hall–Kier alpha value is -0.940. The molecule has 0 radical (unpaired) electrons. The maximum Gasteiger partial charge on any atom is 0.183 e. The van der Waals surface area contributed by atoms with Crippen LogP contribution >= 0.6 is 11.8 Å². The van der Waals surface area contributed by atoms with Crippen LogP contribution in [0.5, 0.6) is 0 Å². The molecule has 0 unspecified atom stereocenters. The van der Waals surface area contributed by atoms with Gasteiger partial charge in [-0.3, -0.25) is 0 Å². The first-order valence-corrected chi connectivity index (χ1v) is 10.2. The maximum atomic E-state index is 12.5. The molecular weight excluding hydrogens is 316 g/mol. The van der Waals surface area contributed by atoms with Gasteiger partial charge in [-0.15, -0.1) is 11.8 Å². The van der Waals surface area contributed by atoms with E-state index >= 15 is 0 Å². The van der Waals surface area contributed by atoms with Crippen LogP contribution < -0.4 is 0 Å². The van der Waals surface area contributed by atoms with Crippen LogP contribution in [0.15, 0.2) is 34.1 Å². The number of hydrogen-bond donors (Lipinski definition) is 0. The van der Waals surface area contributed by atoms with E-state index < -0.39 is 9.84 Å². The fourth-order valence-electron chi connectivity index (χ4n) is 3.54. The Morgan fingerprint density at radius 3 is 2.45 bits per heavy atom. The zero-order valence-corrected chi connectivity index (χ0v) is 15.1. The minimum Gasteiger partial charge on any atom is -0.484 e. The number of fused-ring (bicyclic) bond motifs is 2. The normalized spacial score (nSPS) is 24.2. The molecule has 120 valence electrons. The molecule has 2 heterocycles. The monoisotopic (exact) mass is 338 g/mol. The number of sulfone groups is 1. The lowest BCUT2D eigenvalue weighted by molar-refractivity contribution is -0.000261. The standard InChI is InChI=1S/C17H22O3S2/c1-5-17(6-2)16(3,4)21-13-11-22(18,19)14-10-8-7-9-12(14)15(13)20-17/h7-10H,5-6,11H2,1-4H3. The predicted octanol–water partition coefficient (Wildman–Crippen LogP) is 4.24. The van der Waals surface area contributed by atoms with Crippen molar-refractivity contribution in [3.63, 3.8) is 0 Å². The van der Waals surface area contributed by atoms with Crippen LogP contribution in [0.2, 0.25) is 0 Å². The lowest BCUT2D eigenvalue weighted by atomic mass is 9.83. The number of thioether (sulfide) groups is 1. The Bertz CT molecular complexity index is 741. The molecule has 3 nitrogen and oxygen atoms in total. The molecule has 0 saturated heterocycles. The van der Waals surface area contributed by atoms with Gasteiger partial charge in [-0.25, -0.2) is 8.42 Å². The second-order valence-corrected chi connectivity index (χ2v) is 10.1. The molecule has 0 amide bonds. The summed E-state index contributed by atoms with van der Waals surface area (Å²) in [6.07, 6.45) is 1.80. The lowest BCUT2D eigenvalue weighted by Gasteiger charge is -2.50. The van der Waals surface area contributed by atoms with E-state index in [2.05, 4.69) is 27.7 Å². The molecule has 2 aliphatic heterocycles. The third kappa shape index (κ3) is 2.13. The summed E-state index contributed by atoms with van der Waals surface area (Å²) >= 11 is 1.67. The van der Waals surface area contributed by atoms with Gasteiger partial charge in [0.05, 0.1) is 15.4 Å². The summed E-state index contributed by atoms with van der Waals surface area (Å²) in [5.41, 5.74) is 0.447. The van der Waals surface area contributed by atoms with E-state index in [1.165, 1.54) is 0 Å². The summed E-state index contributed by atoms with van der Waals surface area (Å²) in [6.45, 7) is 8.59. The van der Waals surface area contributed by atoms with E-state index in [-0.39, 0.29) is 16.1 Å². The second kappa shape index (κ2) is 5.03.